The second-order valence-electron chi connectivity index (χ2n) is 5.28. The zero-order valence-corrected chi connectivity index (χ0v) is 11.2. The van der Waals surface area contributed by atoms with Crippen molar-refractivity contribution in [3.63, 3.8) is 0 Å². The summed E-state index contributed by atoms with van der Waals surface area (Å²) in [4.78, 5) is 0. The largest absolute Gasteiger partial charge is 0.490 e. The molecule has 0 aliphatic rings. The average Bonchev–Trinajstić information content (AvgIpc) is 2.36. The Morgan fingerprint density at radius 2 is 1.78 bits per heavy atom. The second kappa shape index (κ2) is 4.99. The van der Waals surface area contributed by atoms with Gasteiger partial charge in [0.25, 0.3) is 0 Å². The highest BCUT2D eigenvalue weighted by Gasteiger charge is 2.25. The van der Waals surface area contributed by atoms with Crippen LogP contribution in [0.15, 0.2) is 42.5 Å². The van der Waals surface area contributed by atoms with Crippen LogP contribution in [0.1, 0.15) is 20.8 Å². The van der Waals surface area contributed by atoms with Crippen molar-refractivity contribution < 1.29 is 9.84 Å². The minimum absolute atomic E-state index is 0.160. The fourth-order valence-corrected chi connectivity index (χ4v) is 1.71. The number of fused-ring (bicyclic) bond motifs is 1. The summed E-state index contributed by atoms with van der Waals surface area (Å²) in [5.74, 6) is 0.988. The number of ether oxygens (including phenoxy) is 1. The van der Waals surface area contributed by atoms with E-state index < -0.39 is 5.60 Å². The Morgan fingerprint density at radius 1 is 1.11 bits per heavy atom. The Hall–Kier alpha value is -1.54. The van der Waals surface area contributed by atoms with E-state index in [1.807, 2.05) is 51.1 Å². The molecule has 0 spiro atoms. The Kier molecular flexibility index (Phi) is 3.58. The normalized spacial score (nSPS) is 14.7. The molecule has 0 aliphatic carbocycles. The molecule has 0 fully saturated rings. The first kappa shape index (κ1) is 12.9. The first-order valence-corrected chi connectivity index (χ1v) is 6.33. The molecule has 0 saturated heterocycles. The number of aliphatic hydroxyl groups is 1. The summed E-state index contributed by atoms with van der Waals surface area (Å²) in [6.07, 6.45) is 0. The SMILES string of the molecule is CC(C)C(C)(O)COc1cccc2ccccc12. The molecule has 0 aliphatic heterocycles. The Bertz CT molecular complexity index is 524. The minimum Gasteiger partial charge on any atom is -0.490 e. The molecule has 18 heavy (non-hydrogen) atoms. The van der Waals surface area contributed by atoms with Crippen LogP contribution < -0.4 is 4.74 Å². The standard InChI is InChI=1S/C16H20O2/c1-12(2)16(3,17)11-18-15-10-6-8-13-7-4-5-9-14(13)15/h4-10,12,17H,11H2,1-3H3. The quantitative estimate of drug-likeness (QED) is 0.890. The smallest absolute Gasteiger partial charge is 0.127 e. The first-order valence-electron chi connectivity index (χ1n) is 6.33. The average molecular weight is 244 g/mol. The fourth-order valence-electron chi connectivity index (χ4n) is 1.71. The molecule has 2 nitrogen and oxygen atoms in total. The van der Waals surface area contributed by atoms with Crippen molar-refractivity contribution in [2.45, 2.75) is 26.4 Å². The number of hydrogen-bond donors (Lipinski definition) is 1. The van der Waals surface area contributed by atoms with Gasteiger partial charge in [-0.1, -0.05) is 50.2 Å². The molecule has 1 N–H and O–H groups in total. The summed E-state index contributed by atoms with van der Waals surface area (Å²) in [5, 5.41) is 12.4. The molecule has 1 unspecified atom stereocenters. The predicted molar refractivity (Wildman–Crippen MR) is 74.9 cm³/mol. The minimum atomic E-state index is -0.809. The van der Waals surface area contributed by atoms with E-state index >= 15 is 0 Å². The second-order valence-corrected chi connectivity index (χ2v) is 5.28. The van der Waals surface area contributed by atoms with E-state index in [-0.39, 0.29) is 5.92 Å². The third kappa shape index (κ3) is 2.65. The lowest BCUT2D eigenvalue weighted by Crippen LogP contribution is -2.37. The molecule has 2 aromatic rings. The topological polar surface area (TPSA) is 29.5 Å². The van der Waals surface area contributed by atoms with Crippen LogP contribution in [0.4, 0.5) is 0 Å². The van der Waals surface area contributed by atoms with Crippen molar-refractivity contribution in [2.24, 2.45) is 5.92 Å². The molecule has 0 radical (unpaired) electrons. The molecule has 0 bridgehead atoms. The van der Waals surface area contributed by atoms with Crippen molar-refractivity contribution >= 4 is 10.8 Å². The molecule has 2 heteroatoms. The maximum absolute atomic E-state index is 10.2. The summed E-state index contributed by atoms with van der Waals surface area (Å²) >= 11 is 0. The molecule has 0 saturated carbocycles. The van der Waals surface area contributed by atoms with Gasteiger partial charge in [-0.3, -0.25) is 0 Å². The van der Waals surface area contributed by atoms with Gasteiger partial charge in [-0.05, 0) is 24.3 Å². The molecule has 0 amide bonds. The predicted octanol–water partition coefficient (Wildman–Crippen LogP) is 3.63. The van der Waals surface area contributed by atoms with Crippen LogP contribution in [0, 0.1) is 5.92 Å². The lowest BCUT2D eigenvalue weighted by molar-refractivity contribution is -0.0262. The lowest BCUT2D eigenvalue weighted by atomic mass is 9.94. The highest BCUT2D eigenvalue weighted by Crippen LogP contribution is 2.27. The van der Waals surface area contributed by atoms with E-state index in [9.17, 15) is 5.11 Å². The van der Waals surface area contributed by atoms with Gasteiger partial charge in [-0.15, -0.1) is 0 Å². The van der Waals surface area contributed by atoms with Gasteiger partial charge in [-0.2, -0.15) is 0 Å². The van der Waals surface area contributed by atoms with Crippen LogP contribution in [0.2, 0.25) is 0 Å². The molecule has 0 heterocycles. The van der Waals surface area contributed by atoms with Crippen molar-refractivity contribution in [2.75, 3.05) is 6.61 Å². The monoisotopic (exact) mass is 244 g/mol. The van der Waals surface area contributed by atoms with Crippen LogP contribution in [-0.2, 0) is 0 Å². The zero-order valence-electron chi connectivity index (χ0n) is 11.2. The van der Waals surface area contributed by atoms with Crippen molar-refractivity contribution in [1.82, 2.24) is 0 Å². The number of benzene rings is 2. The van der Waals surface area contributed by atoms with Gasteiger partial charge in [0.05, 0.1) is 5.60 Å². The Labute approximate surface area is 108 Å². The van der Waals surface area contributed by atoms with Gasteiger partial charge >= 0.3 is 0 Å². The van der Waals surface area contributed by atoms with E-state index in [0.717, 1.165) is 16.5 Å². The van der Waals surface area contributed by atoms with E-state index in [2.05, 4.69) is 12.1 Å². The fraction of sp³-hybridized carbons (Fsp3) is 0.375. The number of hydrogen-bond acceptors (Lipinski definition) is 2. The van der Waals surface area contributed by atoms with Gasteiger partial charge in [0, 0.05) is 5.39 Å². The third-order valence-corrected chi connectivity index (χ3v) is 3.51. The van der Waals surface area contributed by atoms with Gasteiger partial charge in [0.15, 0.2) is 0 Å². The van der Waals surface area contributed by atoms with E-state index in [1.54, 1.807) is 0 Å². The summed E-state index contributed by atoms with van der Waals surface area (Å²) in [6, 6.07) is 14.1. The molecular formula is C16H20O2. The third-order valence-electron chi connectivity index (χ3n) is 3.51. The summed E-state index contributed by atoms with van der Waals surface area (Å²) in [6.45, 7) is 6.10. The van der Waals surface area contributed by atoms with Gasteiger partial charge in [-0.25, -0.2) is 0 Å². The van der Waals surface area contributed by atoms with E-state index in [1.165, 1.54) is 0 Å². The van der Waals surface area contributed by atoms with Crippen LogP contribution >= 0.6 is 0 Å². The van der Waals surface area contributed by atoms with Crippen LogP contribution in [-0.4, -0.2) is 17.3 Å². The number of rotatable bonds is 4. The molecule has 96 valence electrons. The van der Waals surface area contributed by atoms with Crippen molar-refractivity contribution in [3.05, 3.63) is 42.5 Å². The summed E-state index contributed by atoms with van der Waals surface area (Å²) < 4.78 is 5.80. The highest BCUT2D eigenvalue weighted by atomic mass is 16.5. The lowest BCUT2D eigenvalue weighted by Gasteiger charge is -2.27. The van der Waals surface area contributed by atoms with Crippen molar-refractivity contribution in [1.29, 1.82) is 0 Å². The Balaban J connectivity index is 2.22. The maximum Gasteiger partial charge on any atom is 0.127 e. The maximum atomic E-state index is 10.2. The molecule has 2 aromatic carbocycles. The van der Waals surface area contributed by atoms with Crippen LogP contribution in [0.3, 0.4) is 0 Å². The van der Waals surface area contributed by atoms with Crippen LogP contribution in [0.25, 0.3) is 10.8 Å². The van der Waals surface area contributed by atoms with E-state index in [4.69, 9.17) is 4.74 Å². The van der Waals surface area contributed by atoms with Gasteiger partial charge < -0.3 is 9.84 Å². The Morgan fingerprint density at radius 3 is 2.50 bits per heavy atom. The molecule has 0 aromatic heterocycles. The molecule has 2 rings (SSSR count). The first-order chi connectivity index (χ1) is 8.50. The van der Waals surface area contributed by atoms with Crippen LogP contribution in [0.5, 0.6) is 5.75 Å². The zero-order chi connectivity index (χ0) is 13.2. The summed E-state index contributed by atoms with van der Waals surface area (Å²) in [5.41, 5.74) is -0.809. The van der Waals surface area contributed by atoms with E-state index in [0.29, 0.717) is 6.61 Å². The molecular weight excluding hydrogens is 224 g/mol. The van der Waals surface area contributed by atoms with Gasteiger partial charge in [0.2, 0.25) is 0 Å². The highest BCUT2D eigenvalue weighted by molar-refractivity contribution is 5.88. The summed E-state index contributed by atoms with van der Waals surface area (Å²) in [7, 11) is 0. The molecule has 1 atom stereocenters. The van der Waals surface area contributed by atoms with Gasteiger partial charge in [0.1, 0.15) is 12.4 Å². The van der Waals surface area contributed by atoms with Crippen molar-refractivity contribution in [3.8, 4) is 5.75 Å².